The summed E-state index contributed by atoms with van der Waals surface area (Å²) >= 11 is 0. The number of aromatic hydroxyl groups is 1. The molecule has 4 N–H and O–H groups in total. The predicted octanol–water partition coefficient (Wildman–Crippen LogP) is 1.05. The fraction of sp³-hybridized carbons (Fsp3) is 0.417. The van der Waals surface area contributed by atoms with Crippen LogP contribution in [-0.4, -0.2) is 45.8 Å². The Bertz CT molecular complexity index is 453. The van der Waals surface area contributed by atoms with E-state index in [0.717, 1.165) is 6.42 Å². The molecule has 0 aliphatic rings. The molecule has 0 fully saturated rings. The third kappa shape index (κ3) is 10.9. The average molecular weight is 322 g/mol. The number of phosphoric acid groups is 1. The highest BCUT2D eigenvalue weighted by atomic mass is 31.2. The van der Waals surface area contributed by atoms with Gasteiger partial charge >= 0.3 is 13.8 Å². The molecule has 1 aromatic rings. The number of rotatable bonds is 6. The molecule has 0 saturated carbocycles. The van der Waals surface area contributed by atoms with E-state index in [1.807, 2.05) is 6.92 Å². The molecule has 0 heterocycles. The minimum atomic E-state index is -4.34. The summed E-state index contributed by atoms with van der Waals surface area (Å²) in [6.45, 7) is 1.65. The molecule has 0 radical (unpaired) electrons. The van der Waals surface area contributed by atoms with Crippen molar-refractivity contribution >= 4 is 13.8 Å². The van der Waals surface area contributed by atoms with Gasteiger partial charge in [-0.3, -0.25) is 4.52 Å². The second kappa shape index (κ2) is 10.3. The van der Waals surface area contributed by atoms with Crippen molar-refractivity contribution < 1.29 is 38.6 Å². The monoisotopic (exact) mass is 322 g/mol. The summed E-state index contributed by atoms with van der Waals surface area (Å²) in [7, 11) is -4.34. The fourth-order valence-electron chi connectivity index (χ4n) is 1.04. The predicted molar refractivity (Wildman–Crippen MR) is 73.8 cm³/mol. The zero-order valence-electron chi connectivity index (χ0n) is 11.5. The zero-order valence-corrected chi connectivity index (χ0v) is 12.4. The normalized spacial score (nSPS) is 10.5. The van der Waals surface area contributed by atoms with Crippen molar-refractivity contribution in [2.75, 3.05) is 19.8 Å². The topological polar surface area (TPSA) is 134 Å². The second-order valence-corrected chi connectivity index (χ2v) is 4.97. The van der Waals surface area contributed by atoms with Crippen molar-refractivity contribution in [3.63, 3.8) is 0 Å². The summed E-state index contributed by atoms with van der Waals surface area (Å²) in [6, 6.07) is 5.99. The smallest absolute Gasteiger partial charge is 0.469 e. The Morgan fingerprint density at radius 2 is 1.76 bits per heavy atom. The van der Waals surface area contributed by atoms with Crippen LogP contribution in [0.4, 0.5) is 0 Å². The number of hydrogen-bond donors (Lipinski definition) is 4. The maximum Gasteiger partial charge on any atom is 0.469 e. The number of hydrogen-bond acceptors (Lipinski definition) is 6. The zero-order chi connectivity index (χ0) is 16.3. The molecule has 0 bridgehead atoms. The number of phenols is 1. The lowest BCUT2D eigenvalue weighted by molar-refractivity contribution is 0.0505. The van der Waals surface area contributed by atoms with Crippen molar-refractivity contribution in [2.24, 2.45) is 0 Å². The lowest BCUT2D eigenvalue weighted by Crippen LogP contribution is -2.05. The van der Waals surface area contributed by atoms with Gasteiger partial charge in [0.25, 0.3) is 0 Å². The van der Waals surface area contributed by atoms with E-state index in [0.29, 0.717) is 12.2 Å². The third-order valence-electron chi connectivity index (χ3n) is 1.89. The number of phenolic OH excluding ortho intramolecular Hbond substituents is 1. The van der Waals surface area contributed by atoms with Gasteiger partial charge < -0.3 is 24.7 Å². The number of benzene rings is 1. The van der Waals surface area contributed by atoms with Gasteiger partial charge in [-0.25, -0.2) is 9.36 Å². The van der Waals surface area contributed by atoms with Crippen molar-refractivity contribution in [2.45, 2.75) is 13.3 Å². The second-order valence-electron chi connectivity index (χ2n) is 3.73. The van der Waals surface area contributed by atoms with E-state index >= 15 is 0 Å². The molecule has 0 aliphatic heterocycles. The van der Waals surface area contributed by atoms with Crippen LogP contribution in [0.25, 0.3) is 0 Å². The van der Waals surface area contributed by atoms with Crippen molar-refractivity contribution in [1.29, 1.82) is 0 Å². The highest BCUT2D eigenvalue weighted by Crippen LogP contribution is 2.34. The summed E-state index contributed by atoms with van der Waals surface area (Å²) < 4.78 is 18.4. The molecule has 8 nitrogen and oxygen atoms in total. The molecule has 1 rings (SSSR count). The molecule has 21 heavy (non-hydrogen) atoms. The van der Waals surface area contributed by atoms with Crippen molar-refractivity contribution in [1.82, 2.24) is 0 Å². The maximum atomic E-state index is 11.2. The number of esters is 1. The van der Waals surface area contributed by atoms with E-state index in [-0.39, 0.29) is 24.9 Å². The lowest BCUT2D eigenvalue weighted by atomic mass is 10.2. The Hall–Kier alpha value is -1.44. The molecule has 0 unspecified atom stereocenters. The Morgan fingerprint density at radius 3 is 2.14 bits per heavy atom. The van der Waals surface area contributed by atoms with Crippen LogP contribution in [0.3, 0.4) is 0 Å². The summed E-state index contributed by atoms with van der Waals surface area (Å²) in [5.41, 5.74) is 0.464. The minimum absolute atomic E-state index is 0.145. The number of carbonyl (C=O) groups excluding carboxylic acids is 1. The Labute approximate surface area is 122 Å². The molecule has 0 spiro atoms. The lowest BCUT2D eigenvalue weighted by Gasteiger charge is -2.02. The summed E-state index contributed by atoms with van der Waals surface area (Å²) in [6.07, 6.45) is 0.809. The largest absolute Gasteiger partial charge is 0.508 e. The molecule has 9 heteroatoms. The van der Waals surface area contributed by atoms with Gasteiger partial charge in [0.15, 0.2) is 0 Å². The van der Waals surface area contributed by atoms with Gasteiger partial charge in [-0.15, -0.1) is 0 Å². The van der Waals surface area contributed by atoms with Gasteiger partial charge in [-0.05, 0) is 30.7 Å². The average Bonchev–Trinajstić information content (AvgIpc) is 2.43. The fourth-order valence-corrected chi connectivity index (χ4v) is 1.35. The first-order valence-electron chi connectivity index (χ1n) is 6.07. The van der Waals surface area contributed by atoms with Gasteiger partial charge in [-0.1, -0.05) is 6.92 Å². The van der Waals surface area contributed by atoms with Crippen LogP contribution < -0.4 is 0 Å². The van der Waals surface area contributed by atoms with E-state index in [1.165, 1.54) is 24.3 Å². The molecule has 0 aromatic heterocycles. The highest BCUT2D eigenvalue weighted by molar-refractivity contribution is 7.46. The molecule has 0 aliphatic carbocycles. The molecular formula is C12H19O8P. The molecule has 0 saturated heterocycles. The number of phosphoric ester groups is 1. The van der Waals surface area contributed by atoms with Crippen LogP contribution in [-0.2, 0) is 13.8 Å². The minimum Gasteiger partial charge on any atom is -0.508 e. The van der Waals surface area contributed by atoms with Gasteiger partial charge in [0, 0.05) is 0 Å². The first-order chi connectivity index (χ1) is 9.80. The Kier molecular flexibility index (Phi) is 9.60. The van der Waals surface area contributed by atoms with Gasteiger partial charge in [0.2, 0.25) is 0 Å². The molecule has 0 atom stereocenters. The van der Waals surface area contributed by atoms with Gasteiger partial charge in [0.05, 0.1) is 25.4 Å². The van der Waals surface area contributed by atoms with Crippen molar-refractivity contribution in [3.8, 4) is 5.75 Å². The van der Waals surface area contributed by atoms with Crippen molar-refractivity contribution in [3.05, 3.63) is 29.8 Å². The standard InChI is InChI=1S/C10H12O3.C2H7O5P/c1-2-7-13-10(12)8-3-5-9(11)6-4-8;3-1-2-7-8(4,5)6/h3-6,11H,2,7H2,1H3;3H,1-2H2,(H2,4,5,6). The first kappa shape index (κ1) is 19.6. The SMILES string of the molecule is CCCOC(=O)c1ccc(O)cc1.O=P(O)(O)OCCO. The first-order valence-corrected chi connectivity index (χ1v) is 7.60. The number of carbonyl (C=O) groups is 1. The van der Waals surface area contributed by atoms with Gasteiger partial charge in [0.1, 0.15) is 5.75 Å². The Morgan fingerprint density at radius 1 is 1.19 bits per heavy atom. The highest BCUT2D eigenvalue weighted by Gasteiger charge is 2.11. The molecule has 120 valence electrons. The number of ether oxygens (including phenoxy) is 1. The van der Waals surface area contributed by atoms with E-state index in [9.17, 15) is 9.36 Å². The van der Waals surface area contributed by atoms with E-state index in [4.69, 9.17) is 24.7 Å². The van der Waals surface area contributed by atoms with E-state index in [1.54, 1.807) is 0 Å². The third-order valence-corrected chi connectivity index (χ3v) is 2.41. The van der Waals surface area contributed by atoms with Crippen LogP contribution in [0.1, 0.15) is 23.7 Å². The summed E-state index contributed by atoms with van der Waals surface area (Å²) in [5, 5.41) is 16.9. The van der Waals surface area contributed by atoms with Gasteiger partial charge in [-0.2, -0.15) is 0 Å². The van der Waals surface area contributed by atoms with Crippen LogP contribution >= 0.6 is 7.82 Å². The quantitative estimate of drug-likeness (QED) is 0.451. The number of aliphatic hydroxyl groups excluding tert-OH is 1. The van der Waals surface area contributed by atoms with E-state index in [2.05, 4.69) is 4.52 Å². The summed E-state index contributed by atoms with van der Waals surface area (Å²) in [5.74, 6) is -0.200. The Balaban J connectivity index is 0.000000433. The van der Waals surface area contributed by atoms with Crippen LogP contribution in [0, 0.1) is 0 Å². The molecule has 0 amide bonds. The van der Waals surface area contributed by atoms with E-state index < -0.39 is 7.82 Å². The summed E-state index contributed by atoms with van der Waals surface area (Å²) in [4.78, 5) is 27.1. The van der Waals surface area contributed by atoms with Crippen LogP contribution in [0.15, 0.2) is 24.3 Å². The molecule has 1 aromatic carbocycles. The maximum absolute atomic E-state index is 11.2. The van der Waals surface area contributed by atoms with Crippen LogP contribution in [0.2, 0.25) is 0 Å². The number of aliphatic hydroxyl groups is 1. The van der Waals surface area contributed by atoms with Crippen LogP contribution in [0.5, 0.6) is 5.75 Å². The molecular weight excluding hydrogens is 303 g/mol.